The summed E-state index contributed by atoms with van der Waals surface area (Å²) < 4.78 is 0. The number of carbonyl (C=O) groups is 1. The lowest BCUT2D eigenvalue weighted by Gasteiger charge is -2.23. The van der Waals surface area contributed by atoms with Crippen LogP contribution in [0.1, 0.15) is 12.8 Å². The summed E-state index contributed by atoms with van der Waals surface area (Å²) in [5.74, 6) is 0.0891. The second kappa shape index (κ2) is 5.11. The predicted molar refractivity (Wildman–Crippen MR) is 48.0 cm³/mol. The van der Waals surface area contributed by atoms with Crippen LogP contribution in [0, 0.1) is 0 Å². The van der Waals surface area contributed by atoms with Crippen LogP contribution in [-0.2, 0) is 4.79 Å². The molecule has 4 nitrogen and oxygen atoms in total. The van der Waals surface area contributed by atoms with E-state index in [0.717, 1.165) is 25.9 Å². The van der Waals surface area contributed by atoms with Gasteiger partial charge in [-0.1, -0.05) is 0 Å². The van der Waals surface area contributed by atoms with Gasteiger partial charge in [-0.2, -0.15) is 0 Å². The number of hydrogen-bond acceptors (Lipinski definition) is 3. The number of carbonyl (C=O) groups excluding carboxylic acids is 1. The Balaban J connectivity index is 2.15. The van der Waals surface area contributed by atoms with Crippen molar-refractivity contribution in [3.05, 3.63) is 0 Å². The Bertz CT molecular complexity index is 143. The summed E-state index contributed by atoms with van der Waals surface area (Å²) in [6.07, 6.45) is 2.26. The standard InChI is InChI=1S/C8H17N3O/c1-9-6-8(12)11-7-3-2-4-10-5-7/h7,9-10H,2-6H2,1H3,(H,11,12)/t7-/m0/s1. The topological polar surface area (TPSA) is 53.2 Å². The van der Waals surface area contributed by atoms with E-state index in [-0.39, 0.29) is 5.91 Å². The highest BCUT2D eigenvalue weighted by Gasteiger charge is 2.14. The van der Waals surface area contributed by atoms with Gasteiger partial charge in [-0.3, -0.25) is 4.79 Å². The molecule has 4 heteroatoms. The molecule has 0 unspecified atom stereocenters. The summed E-state index contributed by atoms with van der Waals surface area (Å²) in [7, 11) is 1.78. The molecule has 1 rings (SSSR count). The van der Waals surface area contributed by atoms with Crippen molar-refractivity contribution in [2.45, 2.75) is 18.9 Å². The van der Waals surface area contributed by atoms with E-state index in [4.69, 9.17) is 0 Å². The van der Waals surface area contributed by atoms with Gasteiger partial charge in [0.15, 0.2) is 0 Å². The van der Waals surface area contributed by atoms with Gasteiger partial charge in [0.05, 0.1) is 6.54 Å². The van der Waals surface area contributed by atoms with Crippen molar-refractivity contribution >= 4 is 5.91 Å². The average molecular weight is 171 g/mol. The number of amides is 1. The van der Waals surface area contributed by atoms with Gasteiger partial charge in [0, 0.05) is 12.6 Å². The van der Waals surface area contributed by atoms with Crippen LogP contribution < -0.4 is 16.0 Å². The summed E-state index contributed by atoms with van der Waals surface area (Å²) in [5, 5.41) is 9.03. The minimum atomic E-state index is 0.0891. The Morgan fingerprint density at radius 1 is 1.67 bits per heavy atom. The molecule has 1 fully saturated rings. The number of likely N-dealkylation sites (N-methyl/N-ethyl adjacent to an activating group) is 1. The lowest BCUT2D eigenvalue weighted by atomic mass is 10.1. The van der Waals surface area contributed by atoms with E-state index in [1.807, 2.05) is 0 Å². The fourth-order valence-corrected chi connectivity index (χ4v) is 1.41. The van der Waals surface area contributed by atoms with E-state index in [1.165, 1.54) is 0 Å². The Hall–Kier alpha value is -0.610. The highest BCUT2D eigenvalue weighted by molar-refractivity contribution is 5.78. The van der Waals surface area contributed by atoms with E-state index >= 15 is 0 Å². The zero-order chi connectivity index (χ0) is 8.81. The Morgan fingerprint density at radius 2 is 2.50 bits per heavy atom. The summed E-state index contributed by atoms with van der Waals surface area (Å²) in [5.41, 5.74) is 0. The molecule has 0 aromatic heterocycles. The molecule has 1 aliphatic heterocycles. The third-order valence-electron chi connectivity index (χ3n) is 2.00. The van der Waals surface area contributed by atoms with Crippen LogP contribution in [0.3, 0.4) is 0 Å². The van der Waals surface area contributed by atoms with E-state index < -0.39 is 0 Å². The van der Waals surface area contributed by atoms with Crippen LogP contribution >= 0.6 is 0 Å². The Kier molecular flexibility index (Phi) is 4.04. The van der Waals surface area contributed by atoms with Gasteiger partial charge in [-0.25, -0.2) is 0 Å². The predicted octanol–water partition coefficient (Wildman–Crippen LogP) is -0.926. The van der Waals surface area contributed by atoms with Gasteiger partial charge < -0.3 is 16.0 Å². The Labute approximate surface area is 73.1 Å². The van der Waals surface area contributed by atoms with Crippen molar-refractivity contribution in [2.24, 2.45) is 0 Å². The minimum Gasteiger partial charge on any atom is -0.351 e. The number of nitrogens with one attached hydrogen (secondary N) is 3. The van der Waals surface area contributed by atoms with E-state index in [2.05, 4.69) is 16.0 Å². The first kappa shape index (κ1) is 9.48. The van der Waals surface area contributed by atoms with Crippen molar-refractivity contribution in [1.29, 1.82) is 0 Å². The number of hydrogen-bond donors (Lipinski definition) is 3. The first-order chi connectivity index (χ1) is 5.83. The van der Waals surface area contributed by atoms with E-state index in [9.17, 15) is 4.79 Å². The fraction of sp³-hybridized carbons (Fsp3) is 0.875. The normalized spacial score (nSPS) is 23.6. The fourth-order valence-electron chi connectivity index (χ4n) is 1.41. The molecule has 1 amide bonds. The molecule has 1 heterocycles. The lowest BCUT2D eigenvalue weighted by molar-refractivity contribution is -0.120. The Morgan fingerprint density at radius 3 is 3.08 bits per heavy atom. The minimum absolute atomic E-state index is 0.0891. The summed E-state index contributed by atoms with van der Waals surface area (Å²) in [6.45, 7) is 2.41. The van der Waals surface area contributed by atoms with Crippen molar-refractivity contribution in [1.82, 2.24) is 16.0 Å². The van der Waals surface area contributed by atoms with Crippen LogP contribution in [0.25, 0.3) is 0 Å². The molecule has 0 aromatic carbocycles. The molecule has 0 radical (unpaired) electrons. The van der Waals surface area contributed by atoms with Gasteiger partial charge in [-0.15, -0.1) is 0 Å². The van der Waals surface area contributed by atoms with Crippen LogP contribution in [0.2, 0.25) is 0 Å². The highest BCUT2D eigenvalue weighted by atomic mass is 16.1. The monoisotopic (exact) mass is 171 g/mol. The van der Waals surface area contributed by atoms with Crippen LogP contribution in [0.15, 0.2) is 0 Å². The summed E-state index contributed by atoms with van der Waals surface area (Å²) >= 11 is 0. The molecule has 0 spiro atoms. The first-order valence-electron chi connectivity index (χ1n) is 4.47. The van der Waals surface area contributed by atoms with Crippen molar-refractivity contribution in [3.8, 4) is 0 Å². The summed E-state index contributed by atoms with van der Waals surface area (Å²) in [4.78, 5) is 11.1. The quantitative estimate of drug-likeness (QED) is 0.514. The molecular weight excluding hydrogens is 154 g/mol. The maximum atomic E-state index is 11.1. The molecule has 0 aliphatic carbocycles. The van der Waals surface area contributed by atoms with Crippen molar-refractivity contribution in [3.63, 3.8) is 0 Å². The smallest absolute Gasteiger partial charge is 0.234 e. The van der Waals surface area contributed by atoms with Gasteiger partial charge in [0.2, 0.25) is 5.91 Å². The number of piperidine rings is 1. The molecule has 3 N–H and O–H groups in total. The SMILES string of the molecule is CNCC(=O)N[C@H]1CCCNC1. The largest absolute Gasteiger partial charge is 0.351 e. The molecular formula is C8H17N3O. The van der Waals surface area contributed by atoms with Crippen LogP contribution in [-0.4, -0.2) is 38.6 Å². The van der Waals surface area contributed by atoms with Crippen LogP contribution in [0.4, 0.5) is 0 Å². The molecule has 1 atom stereocenters. The third-order valence-corrected chi connectivity index (χ3v) is 2.00. The second-order valence-corrected chi connectivity index (χ2v) is 3.14. The molecule has 0 aromatic rings. The molecule has 0 bridgehead atoms. The lowest BCUT2D eigenvalue weighted by Crippen LogP contribution is -2.47. The maximum absolute atomic E-state index is 11.1. The molecule has 70 valence electrons. The average Bonchev–Trinajstić information content (AvgIpc) is 2.06. The molecule has 1 aliphatic rings. The summed E-state index contributed by atoms with van der Waals surface area (Å²) in [6, 6.07) is 0.333. The van der Waals surface area contributed by atoms with Gasteiger partial charge in [0.1, 0.15) is 0 Å². The second-order valence-electron chi connectivity index (χ2n) is 3.14. The van der Waals surface area contributed by atoms with Crippen LogP contribution in [0.5, 0.6) is 0 Å². The molecule has 0 saturated carbocycles. The van der Waals surface area contributed by atoms with Gasteiger partial charge in [-0.05, 0) is 26.4 Å². The van der Waals surface area contributed by atoms with Gasteiger partial charge >= 0.3 is 0 Å². The van der Waals surface area contributed by atoms with Crippen molar-refractivity contribution in [2.75, 3.05) is 26.7 Å². The molecule has 12 heavy (non-hydrogen) atoms. The third kappa shape index (κ3) is 3.19. The first-order valence-corrected chi connectivity index (χ1v) is 4.47. The van der Waals surface area contributed by atoms with Gasteiger partial charge in [0.25, 0.3) is 0 Å². The molecule has 1 saturated heterocycles. The highest BCUT2D eigenvalue weighted by Crippen LogP contribution is 2.00. The van der Waals surface area contributed by atoms with E-state index in [0.29, 0.717) is 12.6 Å². The van der Waals surface area contributed by atoms with E-state index in [1.54, 1.807) is 7.05 Å². The maximum Gasteiger partial charge on any atom is 0.234 e. The zero-order valence-corrected chi connectivity index (χ0v) is 7.52. The van der Waals surface area contributed by atoms with Crippen molar-refractivity contribution < 1.29 is 4.79 Å². The number of rotatable bonds is 3. The zero-order valence-electron chi connectivity index (χ0n) is 7.52.